The van der Waals surface area contributed by atoms with Crippen LogP contribution in [0.25, 0.3) is 17.0 Å². The summed E-state index contributed by atoms with van der Waals surface area (Å²) in [5.74, 6) is -0.819. The minimum atomic E-state index is -0.408. The van der Waals surface area contributed by atoms with E-state index in [1.807, 2.05) is 30.5 Å². The third-order valence-corrected chi connectivity index (χ3v) is 3.78. The van der Waals surface area contributed by atoms with Crippen LogP contribution < -0.4 is 10.6 Å². The lowest BCUT2D eigenvalue weighted by atomic mass is 10.1. The maximum absolute atomic E-state index is 12.1. The lowest BCUT2D eigenvalue weighted by Gasteiger charge is -2.07. The van der Waals surface area contributed by atoms with Gasteiger partial charge in [-0.1, -0.05) is 18.2 Å². The Hall–Kier alpha value is -3.54. The van der Waals surface area contributed by atoms with Gasteiger partial charge in [-0.2, -0.15) is 0 Å². The van der Waals surface area contributed by atoms with Crippen LogP contribution in [-0.4, -0.2) is 29.0 Å². The average Bonchev–Trinajstić information content (AvgIpc) is 3.04. The van der Waals surface area contributed by atoms with Gasteiger partial charge in [-0.3, -0.25) is 9.59 Å². The van der Waals surface area contributed by atoms with Crippen LogP contribution in [0.3, 0.4) is 0 Å². The SMILES string of the molecule is CNC(=O)c1ccc(O)c(NC(=O)/C=C/c2c[nH]c3ccccc23)c1. The zero-order chi connectivity index (χ0) is 17.8. The number of aromatic nitrogens is 1. The second-order valence-corrected chi connectivity index (χ2v) is 5.42. The highest BCUT2D eigenvalue weighted by atomic mass is 16.3. The first-order valence-electron chi connectivity index (χ1n) is 7.69. The van der Waals surface area contributed by atoms with Crippen LogP contribution in [0.15, 0.2) is 54.7 Å². The van der Waals surface area contributed by atoms with Gasteiger partial charge in [-0.25, -0.2) is 0 Å². The molecule has 2 amide bonds. The van der Waals surface area contributed by atoms with Crippen LogP contribution in [-0.2, 0) is 4.79 Å². The number of rotatable bonds is 4. The van der Waals surface area contributed by atoms with Crippen LogP contribution in [0.2, 0.25) is 0 Å². The molecule has 126 valence electrons. The first-order chi connectivity index (χ1) is 12.1. The number of aromatic amines is 1. The Morgan fingerprint density at radius 3 is 2.76 bits per heavy atom. The minimum Gasteiger partial charge on any atom is -0.506 e. The Labute approximate surface area is 144 Å². The molecule has 3 rings (SSSR count). The van der Waals surface area contributed by atoms with E-state index >= 15 is 0 Å². The number of carbonyl (C=O) groups excluding carboxylic acids is 2. The van der Waals surface area contributed by atoms with Gasteiger partial charge in [0.15, 0.2) is 0 Å². The van der Waals surface area contributed by atoms with Crippen molar-refractivity contribution in [2.75, 3.05) is 12.4 Å². The molecule has 0 aliphatic rings. The highest BCUT2D eigenvalue weighted by Crippen LogP contribution is 2.24. The standard InChI is InChI=1S/C19H17N3O3/c1-20-19(25)12-6-8-17(23)16(10-12)22-18(24)9-7-13-11-21-15-5-3-2-4-14(13)15/h2-11,21,23H,1H3,(H,20,25)(H,22,24)/b9-7+. The second kappa shape index (κ2) is 6.92. The Kier molecular flexibility index (Phi) is 4.52. The fraction of sp³-hybridized carbons (Fsp3) is 0.0526. The molecule has 0 fully saturated rings. The van der Waals surface area contributed by atoms with E-state index in [4.69, 9.17) is 0 Å². The predicted octanol–water partition coefficient (Wildman–Crippen LogP) is 2.89. The lowest BCUT2D eigenvalue weighted by Crippen LogP contribution is -2.18. The molecule has 6 nitrogen and oxygen atoms in total. The maximum Gasteiger partial charge on any atom is 0.251 e. The van der Waals surface area contributed by atoms with E-state index in [-0.39, 0.29) is 17.3 Å². The number of aromatic hydroxyl groups is 1. The molecule has 25 heavy (non-hydrogen) atoms. The van der Waals surface area contributed by atoms with E-state index in [1.54, 1.807) is 6.08 Å². The monoisotopic (exact) mass is 335 g/mol. The quantitative estimate of drug-likeness (QED) is 0.436. The largest absolute Gasteiger partial charge is 0.506 e. The Bertz CT molecular complexity index is 973. The van der Waals surface area contributed by atoms with Crippen molar-refractivity contribution < 1.29 is 14.7 Å². The number of nitrogens with one attached hydrogen (secondary N) is 3. The van der Waals surface area contributed by atoms with Gasteiger partial charge in [0, 0.05) is 35.8 Å². The number of para-hydroxylation sites is 1. The minimum absolute atomic E-state index is 0.110. The molecule has 1 heterocycles. The fourth-order valence-corrected chi connectivity index (χ4v) is 2.49. The van der Waals surface area contributed by atoms with Crippen molar-refractivity contribution in [2.24, 2.45) is 0 Å². The van der Waals surface area contributed by atoms with Crippen LogP contribution in [0.5, 0.6) is 5.75 Å². The summed E-state index contributed by atoms with van der Waals surface area (Å²) in [6.45, 7) is 0. The van der Waals surface area contributed by atoms with Crippen LogP contribution >= 0.6 is 0 Å². The average molecular weight is 335 g/mol. The number of hydrogen-bond donors (Lipinski definition) is 4. The van der Waals surface area contributed by atoms with Gasteiger partial charge in [-0.15, -0.1) is 0 Å². The van der Waals surface area contributed by atoms with Crippen molar-refractivity contribution in [3.05, 3.63) is 65.9 Å². The molecule has 0 unspecified atom stereocenters. The van der Waals surface area contributed by atoms with Crippen molar-refractivity contribution in [3.8, 4) is 5.75 Å². The molecular weight excluding hydrogens is 318 g/mol. The van der Waals surface area contributed by atoms with Gasteiger partial charge in [0.1, 0.15) is 5.75 Å². The molecule has 0 aliphatic carbocycles. The molecule has 2 aromatic carbocycles. The molecular formula is C19H17N3O3. The molecule has 0 saturated carbocycles. The van der Waals surface area contributed by atoms with E-state index in [0.717, 1.165) is 16.5 Å². The molecule has 0 radical (unpaired) electrons. The summed E-state index contributed by atoms with van der Waals surface area (Å²) in [5.41, 5.74) is 2.39. The van der Waals surface area contributed by atoms with E-state index in [2.05, 4.69) is 15.6 Å². The van der Waals surface area contributed by atoms with Crippen molar-refractivity contribution in [3.63, 3.8) is 0 Å². The zero-order valence-corrected chi connectivity index (χ0v) is 13.5. The number of amides is 2. The Balaban J connectivity index is 1.77. The highest BCUT2D eigenvalue weighted by Gasteiger charge is 2.09. The summed E-state index contributed by atoms with van der Waals surface area (Å²) in [5, 5.41) is 15.9. The van der Waals surface area contributed by atoms with E-state index in [9.17, 15) is 14.7 Å². The molecule has 0 bridgehead atoms. The lowest BCUT2D eigenvalue weighted by molar-refractivity contribution is -0.111. The second-order valence-electron chi connectivity index (χ2n) is 5.42. The molecule has 6 heteroatoms. The molecule has 0 saturated heterocycles. The van der Waals surface area contributed by atoms with Gasteiger partial charge in [0.2, 0.25) is 5.91 Å². The smallest absolute Gasteiger partial charge is 0.251 e. The third kappa shape index (κ3) is 3.53. The molecule has 0 aliphatic heterocycles. The number of H-pyrrole nitrogens is 1. The molecule has 0 spiro atoms. The number of hydrogen-bond acceptors (Lipinski definition) is 3. The molecule has 0 atom stereocenters. The van der Waals surface area contributed by atoms with Gasteiger partial charge in [-0.05, 0) is 35.9 Å². The van der Waals surface area contributed by atoms with E-state index in [0.29, 0.717) is 5.56 Å². The van der Waals surface area contributed by atoms with Crippen molar-refractivity contribution in [1.29, 1.82) is 0 Å². The fourth-order valence-electron chi connectivity index (χ4n) is 2.49. The highest BCUT2D eigenvalue weighted by molar-refractivity contribution is 6.05. The summed E-state index contributed by atoms with van der Waals surface area (Å²) in [6.07, 6.45) is 4.88. The summed E-state index contributed by atoms with van der Waals surface area (Å²) in [4.78, 5) is 26.9. The van der Waals surface area contributed by atoms with Gasteiger partial charge in [0.05, 0.1) is 5.69 Å². The van der Waals surface area contributed by atoms with Gasteiger partial charge < -0.3 is 20.7 Å². The Morgan fingerprint density at radius 2 is 1.96 bits per heavy atom. The van der Waals surface area contributed by atoms with Crippen LogP contribution in [0.1, 0.15) is 15.9 Å². The normalized spacial score (nSPS) is 10.9. The number of phenolic OH excluding ortho intramolecular Hbond substituents is 1. The number of anilines is 1. The van der Waals surface area contributed by atoms with E-state index in [1.165, 1.54) is 31.3 Å². The molecule has 3 aromatic rings. The summed E-state index contributed by atoms with van der Waals surface area (Å²) < 4.78 is 0. The van der Waals surface area contributed by atoms with Gasteiger partial charge in [0.25, 0.3) is 5.91 Å². The van der Waals surface area contributed by atoms with Crippen molar-refractivity contribution in [2.45, 2.75) is 0 Å². The summed E-state index contributed by atoms with van der Waals surface area (Å²) in [6, 6.07) is 12.0. The van der Waals surface area contributed by atoms with Crippen molar-refractivity contribution >= 4 is 34.5 Å². The number of benzene rings is 2. The first-order valence-corrected chi connectivity index (χ1v) is 7.69. The molecule has 1 aromatic heterocycles. The summed E-state index contributed by atoms with van der Waals surface area (Å²) in [7, 11) is 1.51. The zero-order valence-electron chi connectivity index (χ0n) is 13.5. The third-order valence-electron chi connectivity index (χ3n) is 3.78. The van der Waals surface area contributed by atoms with Crippen LogP contribution in [0.4, 0.5) is 5.69 Å². The maximum atomic E-state index is 12.1. The first kappa shape index (κ1) is 16.3. The van der Waals surface area contributed by atoms with E-state index < -0.39 is 5.91 Å². The van der Waals surface area contributed by atoms with Gasteiger partial charge >= 0.3 is 0 Å². The van der Waals surface area contributed by atoms with Crippen molar-refractivity contribution in [1.82, 2.24) is 10.3 Å². The number of phenols is 1. The van der Waals surface area contributed by atoms with Crippen LogP contribution in [0, 0.1) is 0 Å². The summed E-state index contributed by atoms with van der Waals surface area (Å²) >= 11 is 0. The Morgan fingerprint density at radius 1 is 1.16 bits per heavy atom. The number of carbonyl (C=O) groups is 2. The number of fused-ring (bicyclic) bond motifs is 1. The molecule has 4 N–H and O–H groups in total. The topological polar surface area (TPSA) is 94.2 Å². The predicted molar refractivity (Wildman–Crippen MR) is 97.5 cm³/mol.